The lowest BCUT2D eigenvalue weighted by Gasteiger charge is -2.16. The molecular formula is C52H38. The van der Waals surface area contributed by atoms with Crippen molar-refractivity contribution in [3.63, 3.8) is 0 Å². The molecule has 52 heavy (non-hydrogen) atoms. The van der Waals surface area contributed by atoms with Crippen LogP contribution in [0.1, 0.15) is 33.4 Å². The van der Waals surface area contributed by atoms with Crippen molar-refractivity contribution < 1.29 is 0 Å². The molecule has 246 valence electrons. The van der Waals surface area contributed by atoms with E-state index in [1.165, 1.54) is 142 Å². The van der Waals surface area contributed by atoms with Gasteiger partial charge in [0.25, 0.3) is 0 Å². The van der Waals surface area contributed by atoms with Gasteiger partial charge in [0.1, 0.15) is 0 Å². The number of fused-ring (bicyclic) bond motifs is 11. The van der Waals surface area contributed by atoms with E-state index in [0.29, 0.717) is 0 Å². The summed E-state index contributed by atoms with van der Waals surface area (Å²) in [5, 5.41) is 21.6. The SMILES string of the molecule is Cc1ccc2c(c1)c1cc(-c3c(C)cccc3C)cc3c4ccc5c(cc6c7ccc(C)cc7c7cc(-c8c(C)cccc8C)cc5c76)c4cc2c31. The maximum absolute atomic E-state index is 2.52. The van der Waals surface area contributed by atoms with Crippen LogP contribution in [0.15, 0.2) is 121 Å². The molecule has 0 aromatic heterocycles. The van der Waals surface area contributed by atoms with Crippen molar-refractivity contribution in [3.05, 3.63) is 155 Å². The van der Waals surface area contributed by atoms with E-state index < -0.39 is 0 Å². The van der Waals surface area contributed by atoms with Gasteiger partial charge < -0.3 is 0 Å². The molecule has 0 radical (unpaired) electrons. The molecule has 0 nitrogen and oxygen atoms in total. The summed E-state index contributed by atoms with van der Waals surface area (Å²) in [6.07, 6.45) is 0. The maximum Gasteiger partial charge on any atom is -0.00195 e. The predicted molar refractivity (Wildman–Crippen MR) is 228 cm³/mol. The van der Waals surface area contributed by atoms with E-state index in [1.54, 1.807) is 0 Å². The second-order valence-corrected chi connectivity index (χ2v) is 15.6. The van der Waals surface area contributed by atoms with E-state index in [2.05, 4.69) is 163 Å². The highest BCUT2D eigenvalue weighted by Gasteiger charge is 2.22. The van der Waals surface area contributed by atoms with Gasteiger partial charge in [0.05, 0.1) is 0 Å². The van der Waals surface area contributed by atoms with Gasteiger partial charge in [-0.05, 0) is 209 Å². The van der Waals surface area contributed by atoms with Gasteiger partial charge in [0.2, 0.25) is 0 Å². The number of rotatable bonds is 2. The predicted octanol–water partition coefficient (Wildman–Crippen LogP) is 15.0. The van der Waals surface area contributed by atoms with Crippen molar-refractivity contribution in [2.45, 2.75) is 41.5 Å². The van der Waals surface area contributed by atoms with Crippen LogP contribution in [0.2, 0.25) is 0 Å². The lowest BCUT2D eigenvalue weighted by Crippen LogP contribution is -1.90. The monoisotopic (exact) mass is 662 g/mol. The molecule has 0 heterocycles. The van der Waals surface area contributed by atoms with E-state index in [9.17, 15) is 0 Å². The fraction of sp³-hybridized carbons (Fsp3) is 0.115. The average Bonchev–Trinajstić information content (AvgIpc) is 3.60. The Bertz CT molecular complexity index is 3070. The fourth-order valence-corrected chi connectivity index (χ4v) is 10.0. The third-order valence-corrected chi connectivity index (χ3v) is 12.3. The van der Waals surface area contributed by atoms with Crippen LogP contribution in [0.5, 0.6) is 0 Å². The minimum absolute atomic E-state index is 1.30. The molecule has 11 aromatic rings. The second kappa shape index (κ2) is 10.3. The van der Waals surface area contributed by atoms with Crippen LogP contribution in [-0.2, 0) is 0 Å². The highest BCUT2D eigenvalue weighted by Crippen LogP contribution is 2.49. The molecule has 11 rings (SSSR count). The van der Waals surface area contributed by atoms with Crippen LogP contribution < -0.4 is 0 Å². The van der Waals surface area contributed by atoms with E-state index in [0.717, 1.165) is 0 Å². The Labute approximate surface area is 303 Å². The van der Waals surface area contributed by atoms with E-state index >= 15 is 0 Å². The summed E-state index contributed by atoms with van der Waals surface area (Å²) in [6.45, 7) is 13.4. The van der Waals surface area contributed by atoms with Gasteiger partial charge in [-0.15, -0.1) is 0 Å². The summed E-state index contributed by atoms with van der Waals surface area (Å²) in [7, 11) is 0. The Morgan fingerprint density at radius 3 is 0.904 bits per heavy atom. The van der Waals surface area contributed by atoms with Crippen LogP contribution >= 0.6 is 0 Å². The molecule has 0 aliphatic rings. The van der Waals surface area contributed by atoms with E-state index in [-0.39, 0.29) is 0 Å². The molecule has 0 amide bonds. The molecular weight excluding hydrogens is 625 g/mol. The lowest BCUT2D eigenvalue weighted by atomic mass is 9.88. The van der Waals surface area contributed by atoms with Crippen molar-refractivity contribution in [1.82, 2.24) is 0 Å². The highest BCUT2D eigenvalue weighted by molar-refractivity contribution is 6.40. The van der Waals surface area contributed by atoms with Crippen molar-refractivity contribution >= 4 is 86.2 Å². The Morgan fingerprint density at radius 1 is 0.250 bits per heavy atom. The van der Waals surface area contributed by atoms with Gasteiger partial charge in [-0.3, -0.25) is 0 Å². The van der Waals surface area contributed by atoms with Crippen molar-refractivity contribution in [2.24, 2.45) is 0 Å². The van der Waals surface area contributed by atoms with Crippen LogP contribution in [0.3, 0.4) is 0 Å². The Hall–Kier alpha value is -5.98. The number of hydrogen-bond acceptors (Lipinski definition) is 0. The third kappa shape index (κ3) is 3.87. The fourth-order valence-electron chi connectivity index (χ4n) is 10.0. The normalized spacial score (nSPS) is 12.4. The summed E-state index contributed by atoms with van der Waals surface area (Å²) in [5.74, 6) is 0. The molecule has 0 saturated heterocycles. The third-order valence-electron chi connectivity index (χ3n) is 12.3. The second-order valence-electron chi connectivity index (χ2n) is 15.6. The highest BCUT2D eigenvalue weighted by atomic mass is 14.2. The van der Waals surface area contributed by atoms with Crippen LogP contribution in [0.4, 0.5) is 0 Å². The van der Waals surface area contributed by atoms with Crippen LogP contribution in [-0.4, -0.2) is 0 Å². The van der Waals surface area contributed by atoms with Gasteiger partial charge in [-0.2, -0.15) is 0 Å². The molecule has 0 atom stereocenters. The Kier molecular flexibility index (Phi) is 5.89. The molecule has 0 unspecified atom stereocenters. The summed E-state index contributed by atoms with van der Waals surface area (Å²) in [4.78, 5) is 0. The Morgan fingerprint density at radius 2 is 0.538 bits per heavy atom. The Balaban J connectivity index is 1.36. The van der Waals surface area contributed by atoms with Crippen molar-refractivity contribution in [3.8, 4) is 22.3 Å². The minimum Gasteiger partial charge on any atom is -0.0617 e. The van der Waals surface area contributed by atoms with Crippen molar-refractivity contribution in [2.75, 3.05) is 0 Å². The standard InChI is InChI=1S/C52H38/c1-27-13-15-35-39(19-27)45-23-33(49-29(3)9-7-10-30(49)4)21-43-37-17-18-38-42(41(37)25-47(35)51(43)45)26-48-36-16-14-28(2)20-40(36)46-24-34(22-44(38)52(46)48)50-31(5)11-8-12-32(50)6/h7-26H,1-6H3. The van der Waals surface area contributed by atoms with E-state index in [4.69, 9.17) is 0 Å². The molecule has 11 aromatic carbocycles. The largest absolute Gasteiger partial charge is 0.0617 e. The summed E-state index contributed by atoms with van der Waals surface area (Å²) in [6, 6.07) is 47.2. The average molecular weight is 663 g/mol. The molecule has 0 aliphatic heterocycles. The minimum atomic E-state index is 1.30. The smallest absolute Gasteiger partial charge is 0.00195 e. The topological polar surface area (TPSA) is 0 Å². The number of aryl methyl sites for hydroxylation is 6. The first-order chi connectivity index (χ1) is 25.2. The summed E-state index contributed by atoms with van der Waals surface area (Å²) < 4.78 is 0. The first kappa shape index (κ1) is 29.7. The molecule has 0 aliphatic carbocycles. The summed E-state index contributed by atoms with van der Waals surface area (Å²) in [5.41, 5.74) is 13.2. The van der Waals surface area contributed by atoms with Crippen molar-refractivity contribution in [1.29, 1.82) is 0 Å². The quantitative estimate of drug-likeness (QED) is 0.162. The molecule has 0 saturated carbocycles. The lowest BCUT2D eigenvalue weighted by molar-refractivity contribution is 1.38. The van der Waals surface area contributed by atoms with Crippen LogP contribution in [0, 0.1) is 41.5 Å². The van der Waals surface area contributed by atoms with E-state index in [1.807, 2.05) is 0 Å². The number of benzene rings is 9. The van der Waals surface area contributed by atoms with Gasteiger partial charge in [-0.25, -0.2) is 0 Å². The zero-order valence-corrected chi connectivity index (χ0v) is 30.5. The van der Waals surface area contributed by atoms with Gasteiger partial charge in [-0.1, -0.05) is 96.1 Å². The molecule has 0 heteroatoms. The first-order valence-corrected chi connectivity index (χ1v) is 18.6. The summed E-state index contributed by atoms with van der Waals surface area (Å²) >= 11 is 0. The molecule has 0 fully saturated rings. The zero-order chi connectivity index (χ0) is 35.2. The molecule has 0 bridgehead atoms. The van der Waals surface area contributed by atoms with Gasteiger partial charge in [0.15, 0.2) is 0 Å². The number of hydrogen-bond donors (Lipinski definition) is 0. The molecule has 0 spiro atoms. The maximum atomic E-state index is 2.52. The van der Waals surface area contributed by atoms with Crippen LogP contribution in [0.25, 0.3) is 108 Å². The molecule has 0 N–H and O–H groups in total. The van der Waals surface area contributed by atoms with Gasteiger partial charge in [0, 0.05) is 0 Å². The zero-order valence-electron chi connectivity index (χ0n) is 30.5. The first-order valence-electron chi connectivity index (χ1n) is 18.6. The van der Waals surface area contributed by atoms with Gasteiger partial charge >= 0.3 is 0 Å².